The summed E-state index contributed by atoms with van der Waals surface area (Å²) in [5.41, 5.74) is 4.19. The van der Waals surface area contributed by atoms with Crippen LogP contribution in [0.15, 0.2) is 35.7 Å². The van der Waals surface area contributed by atoms with E-state index in [2.05, 4.69) is 54.9 Å². The smallest absolute Gasteiger partial charge is 0.0302 e. The summed E-state index contributed by atoms with van der Waals surface area (Å²) in [5, 5.41) is 5.68. The molecule has 0 bridgehead atoms. The molecular weight excluding hydrogens is 270 g/mol. The molecule has 1 nitrogen and oxygen atoms in total. The van der Waals surface area contributed by atoms with E-state index in [1.165, 1.54) is 27.3 Å². The first-order valence-electron chi connectivity index (χ1n) is 6.62. The van der Waals surface area contributed by atoms with Crippen LogP contribution < -0.4 is 5.32 Å². The standard InChI is InChI=1S/C16H21NS2/c1-13-4-3-5-15(10-13)12-18-9-7-17-11-16-14(2)6-8-19-16/h3-6,8,10,17H,7,9,11-12H2,1-2H3. The highest BCUT2D eigenvalue weighted by atomic mass is 32.2. The molecule has 1 aromatic carbocycles. The molecule has 1 N–H and O–H groups in total. The molecule has 1 aromatic heterocycles. The maximum absolute atomic E-state index is 3.52. The van der Waals surface area contributed by atoms with Gasteiger partial charge in [-0.3, -0.25) is 0 Å². The van der Waals surface area contributed by atoms with Crippen LogP contribution in [0.25, 0.3) is 0 Å². The van der Waals surface area contributed by atoms with Crippen molar-refractivity contribution in [1.29, 1.82) is 0 Å². The van der Waals surface area contributed by atoms with E-state index in [4.69, 9.17) is 0 Å². The predicted molar refractivity (Wildman–Crippen MR) is 88.1 cm³/mol. The number of benzene rings is 1. The first-order valence-corrected chi connectivity index (χ1v) is 8.66. The van der Waals surface area contributed by atoms with Crippen LogP contribution in [-0.2, 0) is 12.3 Å². The van der Waals surface area contributed by atoms with E-state index in [0.717, 1.165) is 18.8 Å². The molecule has 0 aliphatic heterocycles. The van der Waals surface area contributed by atoms with Crippen LogP contribution in [0.3, 0.4) is 0 Å². The van der Waals surface area contributed by atoms with Gasteiger partial charge in [0.25, 0.3) is 0 Å². The van der Waals surface area contributed by atoms with Gasteiger partial charge in [0.05, 0.1) is 0 Å². The molecule has 0 amide bonds. The van der Waals surface area contributed by atoms with Gasteiger partial charge in [0.15, 0.2) is 0 Å². The minimum absolute atomic E-state index is 1.01. The Morgan fingerprint density at radius 3 is 2.84 bits per heavy atom. The van der Waals surface area contributed by atoms with Crippen molar-refractivity contribution in [3.8, 4) is 0 Å². The second-order valence-corrected chi connectivity index (χ2v) is 6.85. The van der Waals surface area contributed by atoms with E-state index in [-0.39, 0.29) is 0 Å². The van der Waals surface area contributed by atoms with Crippen LogP contribution in [0, 0.1) is 13.8 Å². The second kappa shape index (κ2) is 7.73. The Morgan fingerprint density at radius 2 is 2.11 bits per heavy atom. The molecule has 1 heterocycles. The first kappa shape index (κ1) is 14.6. The summed E-state index contributed by atoms with van der Waals surface area (Å²) in [7, 11) is 0. The number of hydrogen-bond acceptors (Lipinski definition) is 3. The topological polar surface area (TPSA) is 12.0 Å². The molecule has 0 saturated carbocycles. The Bertz CT molecular complexity index is 505. The first-order chi connectivity index (χ1) is 9.25. The van der Waals surface area contributed by atoms with Crippen molar-refractivity contribution in [2.75, 3.05) is 12.3 Å². The summed E-state index contributed by atoms with van der Waals surface area (Å²) in [5.74, 6) is 2.28. The van der Waals surface area contributed by atoms with Gasteiger partial charge in [-0.15, -0.1) is 11.3 Å². The fourth-order valence-corrected chi connectivity index (χ4v) is 3.65. The van der Waals surface area contributed by atoms with Crippen molar-refractivity contribution in [1.82, 2.24) is 5.32 Å². The van der Waals surface area contributed by atoms with E-state index in [9.17, 15) is 0 Å². The number of aryl methyl sites for hydroxylation is 2. The number of thiophene rings is 1. The predicted octanol–water partition coefficient (Wildman–Crippen LogP) is 4.39. The van der Waals surface area contributed by atoms with Crippen LogP contribution in [-0.4, -0.2) is 12.3 Å². The zero-order chi connectivity index (χ0) is 13.5. The fourth-order valence-electron chi connectivity index (χ4n) is 1.92. The molecule has 0 aliphatic carbocycles. The monoisotopic (exact) mass is 291 g/mol. The molecule has 0 saturated heterocycles. The molecule has 2 aromatic rings. The summed E-state index contributed by atoms with van der Waals surface area (Å²) in [6.07, 6.45) is 0. The largest absolute Gasteiger partial charge is 0.311 e. The van der Waals surface area contributed by atoms with Crippen molar-refractivity contribution in [3.05, 3.63) is 57.3 Å². The highest BCUT2D eigenvalue weighted by Crippen LogP contribution is 2.15. The van der Waals surface area contributed by atoms with Crippen LogP contribution in [0.2, 0.25) is 0 Å². The van der Waals surface area contributed by atoms with Crippen molar-refractivity contribution in [2.45, 2.75) is 26.1 Å². The van der Waals surface area contributed by atoms with Crippen molar-refractivity contribution >= 4 is 23.1 Å². The third-order valence-corrected chi connectivity index (χ3v) is 5.08. The number of thioether (sulfide) groups is 1. The van der Waals surface area contributed by atoms with Crippen molar-refractivity contribution in [3.63, 3.8) is 0 Å². The number of rotatable bonds is 7. The average Bonchev–Trinajstić information content (AvgIpc) is 2.79. The van der Waals surface area contributed by atoms with E-state index < -0.39 is 0 Å². The van der Waals surface area contributed by atoms with Gasteiger partial charge in [0, 0.05) is 29.5 Å². The van der Waals surface area contributed by atoms with E-state index >= 15 is 0 Å². The Balaban J connectivity index is 1.59. The van der Waals surface area contributed by atoms with Gasteiger partial charge in [-0.1, -0.05) is 29.8 Å². The third kappa shape index (κ3) is 5.01. The zero-order valence-electron chi connectivity index (χ0n) is 11.6. The average molecular weight is 291 g/mol. The summed E-state index contributed by atoms with van der Waals surface area (Å²) >= 11 is 3.84. The molecule has 0 aliphatic rings. The third-order valence-electron chi connectivity index (χ3n) is 3.03. The van der Waals surface area contributed by atoms with Gasteiger partial charge in [-0.05, 0) is 36.4 Å². The Labute approximate surface area is 124 Å². The summed E-state index contributed by atoms with van der Waals surface area (Å²) in [4.78, 5) is 1.46. The lowest BCUT2D eigenvalue weighted by Gasteiger charge is -2.05. The van der Waals surface area contributed by atoms with Crippen molar-refractivity contribution in [2.24, 2.45) is 0 Å². The lowest BCUT2D eigenvalue weighted by atomic mass is 10.2. The SMILES string of the molecule is Cc1cccc(CSCCNCc2sccc2C)c1. The fraction of sp³-hybridized carbons (Fsp3) is 0.375. The van der Waals surface area contributed by atoms with Gasteiger partial charge < -0.3 is 5.32 Å². The second-order valence-electron chi connectivity index (χ2n) is 4.75. The Hall–Kier alpha value is -0.770. The van der Waals surface area contributed by atoms with E-state index in [1.54, 1.807) is 0 Å². The molecule has 0 unspecified atom stereocenters. The molecule has 0 spiro atoms. The normalized spacial score (nSPS) is 10.8. The minimum atomic E-state index is 1.01. The summed E-state index contributed by atoms with van der Waals surface area (Å²) in [6.45, 7) is 6.42. The maximum atomic E-state index is 3.52. The molecule has 19 heavy (non-hydrogen) atoms. The molecule has 2 rings (SSSR count). The van der Waals surface area contributed by atoms with E-state index in [1.807, 2.05) is 23.1 Å². The van der Waals surface area contributed by atoms with Gasteiger partial charge in [-0.2, -0.15) is 11.8 Å². The van der Waals surface area contributed by atoms with Gasteiger partial charge in [-0.25, -0.2) is 0 Å². The van der Waals surface area contributed by atoms with E-state index in [0.29, 0.717) is 0 Å². The molecular formula is C16H21NS2. The Morgan fingerprint density at radius 1 is 1.21 bits per heavy atom. The summed E-state index contributed by atoms with van der Waals surface area (Å²) < 4.78 is 0. The molecule has 3 heteroatoms. The lowest BCUT2D eigenvalue weighted by Crippen LogP contribution is -2.16. The van der Waals surface area contributed by atoms with Gasteiger partial charge in [0.1, 0.15) is 0 Å². The molecule has 0 radical (unpaired) electrons. The molecule has 0 fully saturated rings. The zero-order valence-corrected chi connectivity index (χ0v) is 13.2. The van der Waals surface area contributed by atoms with Crippen LogP contribution >= 0.6 is 23.1 Å². The van der Waals surface area contributed by atoms with Crippen LogP contribution in [0.4, 0.5) is 0 Å². The van der Waals surface area contributed by atoms with Gasteiger partial charge >= 0.3 is 0 Å². The number of hydrogen-bond donors (Lipinski definition) is 1. The Kier molecular flexibility index (Phi) is 5.95. The summed E-state index contributed by atoms with van der Waals surface area (Å²) in [6, 6.07) is 11.0. The van der Waals surface area contributed by atoms with Crippen LogP contribution in [0.5, 0.6) is 0 Å². The molecule has 102 valence electrons. The van der Waals surface area contributed by atoms with Gasteiger partial charge in [0.2, 0.25) is 0 Å². The minimum Gasteiger partial charge on any atom is -0.311 e. The van der Waals surface area contributed by atoms with Crippen molar-refractivity contribution < 1.29 is 0 Å². The quantitative estimate of drug-likeness (QED) is 0.759. The highest BCUT2D eigenvalue weighted by molar-refractivity contribution is 7.98. The highest BCUT2D eigenvalue weighted by Gasteiger charge is 1.99. The van der Waals surface area contributed by atoms with Crippen LogP contribution in [0.1, 0.15) is 21.6 Å². The maximum Gasteiger partial charge on any atom is 0.0302 e. The lowest BCUT2D eigenvalue weighted by molar-refractivity contribution is 0.738. The number of nitrogens with one attached hydrogen (secondary N) is 1. The molecule has 0 atom stereocenters.